The number of hydrogen-bond acceptors (Lipinski definition) is 2. The largest absolute Gasteiger partial charge is 0.508 e. The van der Waals surface area contributed by atoms with E-state index < -0.39 is 0 Å². The number of aromatic hydroxyl groups is 1. The van der Waals surface area contributed by atoms with Crippen LogP contribution in [0.4, 0.5) is 0 Å². The molecule has 0 saturated heterocycles. The summed E-state index contributed by atoms with van der Waals surface area (Å²) in [6.07, 6.45) is 5.34. The molecule has 0 saturated carbocycles. The number of aromatic nitrogens is 1. The highest BCUT2D eigenvalue weighted by Crippen LogP contribution is 2.18. The third-order valence-electron chi connectivity index (χ3n) is 4.54. The molecule has 3 rings (SSSR count). The Morgan fingerprint density at radius 1 is 0.958 bits per heavy atom. The summed E-state index contributed by atoms with van der Waals surface area (Å²) >= 11 is 0. The lowest BCUT2D eigenvalue weighted by Crippen LogP contribution is -2.29. The molecular weight excluding hydrogens is 296 g/mol. The smallest absolute Gasteiger partial charge is 0.115 e. The van der Waals surface area contributed by atoms with Crippen molar-refractivity contribution in [3.8, 4) is 5.75 Å². The molecular formula is C21H26N2O. The first-order valence-corrected chi connectivity index (χ1v) is 8.81. The minimum Gasteiger partial charge on any atom is -0.508 e. The van der Waals surface area contributed by atoms with Crippen molar-refractivity contribution < 1.29 is 5.11 Å². The first-order chi connectivity index (χ1) is 11.8. The molecule has 126 valence electrons. The Morgan fingerprint density at radius 3 is 2.62 bits per heavy atom. The van der Waals surface area contributed by atoms with Crippen LogP contribution in [0.15, 0.2) is 54.7 Å². The maximum Gasteiger partial charge on any atom is 0.115 e. The molecule has 0 amide bonds. The third kappa shape index (κ3) is 4.18. The molecule has 0 fully saturated rings. The van der Waals surface area contributed by atoms with Crippen molar-refractivity contribution in [1.29, 1.82) is 0 Å². The van der Waals surface area contributed by atoms with E-state index in [1.54, 1.807) is 6.07 Å². The highest BCUT2D eigenvalue weighted by Gasteiger charge is 2.08. The molecule has 0 aliphatic carbocycles. The number of para-hydroxylation sites is 1. The zero-order chi connectivity index (χ0) is 16.8. The molecule has 0 bridgehead atoms. The Bertz CT molecular complexity index is 778. The summed E-state index contributed by atoms with van der Waals surface area (Å²) in [6.45, 7) is 5.43. The van der Waals surface area contributed by atoms with Crippen molar-refractivity contribution in [2.75, 3.05) is 19.6 Å². The molecule has 2 aromatic carbocycles. The van der Waals surface area contributed by atoms with Gasteiger partial charge in [0, 0.05) is 30.2 Å². The average Bonchev–Trinajstić information content (AvgIpc) is 3.01. The fraction of sp³-hybridized carbons (Fsp3) is 0.333. The minimum atomic E-state index is 0.355. The van der Waals surface area contributed by atoms with Crippen LogP contribution in [-0.4, -0.2) is 34.6 Å². The SMILES string of the molecule is CCCN(CCc1cccc(O)c1)CCc1c[nH]c2ccccc12. The van der Waals surface area contributed by atoms with Crippen LogP contribution in [0, 0.1) is 0 Å². The van der Waals surface area contributed by atoms with Gasteiger partial charge in [-0.3, -0.25) is 0 Å². The van der Waals surface area contributed by atoms with Crippen LogP contribution in [0.25, 0.3) is 10.9 Å². The molecule has 1 heterocycles. The molecule has 2 N–H and O–H groups in total. The summed E-state index contributed by atoms with van der Waals surface area (Å²) < 4.78 is 0. The summed E-state index contributed by atoms with van der Waals surface area (Å²) in [5, 5.41) is 10.9. The van der Waals surface area contributed by atoms with Gasteiger partial charge < -0.3 is 15.0 Å². The molecule has 3 nitrogen and oxygen atoms in total. The van der Waals surface area contributed by atoms with E-state index in [2.05, 4.69) is 53.3 Å². The van der Waals surface area contributed by atoms with Gasteiger partial charge >= 0.3 is 0 Å². The topological polar surface area (TPSA) is 39.3 Å². The van der Waals surface area contributed by atoms with Crippen LogP contribution in [0.2, 0.25) is 0 Å². The lowest BCUT2D eigenvalue weighted by atomic mass is 10.1. The molecule has 24 heavy (non-hydrogen) atoms. The fourth-order valence-electron chi connectivity index (χ4n) is 3.27. The standard InChI is InChI=1S/C21H26N2O/c1-2-12-23(13-10-17-6-5-7-19(24)15-17)14-11-18-16-22-21-9-4-3-8-20(18)21/h3-9,15-16,22,24H,2,10-14H2,1H3. The second-order valence-corrected chi connectivity index (χ2v) is 6.37. The number of rotatable bonds is 8. The van der Waals surface area contributed by atoms with Gasteiger partial charge in [0.15, 0.2) is 0 Å². The number of aromatic amines is 1. The Hall–Kier alpha value is -2.26. The van der Waals surface area contributed by atoms with Gasteiger partial charge in [0.2, 0.25) is 0 Å². The first-order valence-electron chi connectivity index (χ1n) is 8.81. The summed E-state index contributed by atoms with van der Waals surface area (Å²) in [6, 6.07) is 16.1. The van der Waals surface area contributed by atoms with E-state index in [0.29, 0.717) is 5.75 Å². The van der Waals surface area contributed by atoms with E-state index in [4.69, 9.17) is 0 Å². The zero-order valence-electron chi connectivity index (χ0n) is 14.3. The summed E-state index contributed by atoms with van der Waals surface area (Å²) in [5.41, 5.74) is 3.81. The van der Waals surface area contributed by atoms with Crippen LogP contribution >= 0.6 is 0 Å². The predicted molar refractivity (Wildman–Crippen MR) is 101 cm³/mol. The van der Waals surface area contributed by atoms with Crippen molar-refractivity contribution in [3.05, 3.63) is 65.9 Å². The lowest BCUT2D eigenvalue weighted by molar-refractivity contribution is 0.281. The summed E-state index contributed by atoms with van der Waals surface area (Å²) in [7, 11) is 0. The number of fused-ring (bicyclic) bond motifs is 1. The predicted octanol–water partition coefficient (Wildman–Crippen LogP) is 4.37. The molecule has 0 atom stereocenters. The number of phenols is 1. The van der Waals surface area contributed by atoms with Gasteiger partial charge in [0.25, 0.3) is 0 Å². The van der Waals surface area contributed by atoms with E-state index in [1.807, 2.05) is 12.1 Å². The number of benzene rings is 2. The van der Waals surface area contributed by atoms with Crippen molar-refractivity contribution in [2.24, 2.45) is 0 Å². The van der Waals surface area contributed by atoms with E-state index >= 15 is 0 Å². The van der Waals surface area contributed by atoms with Gasteiger partial charge in [0.05, 0.1) is 0 Å². The van der Waals surface area contributed by atoms with Gasteiger partial charge in [0.1, 0.15) is 5.75 Å². The Kier molecular flexibility index (Phi) is 5.55. The van der Waals surface area contributed by atoms with Crippen LogP contribution in [-0.2, 0) is 12.8 Å². The first kappa shape index (κ1) is 16.6. The van der Waals surface area contributed by atoms with Crippen LogP contribution in [0.3, 0.4) is 0 Å². The molecule has 0 spiro atoms. The van der Waals surface area contributed by atoms with Gasteiger partial charge in [-0.05, 0) is 55.1 Å². The maximum atomic E-state index is 9.59. The fourth-order valence-corrected chi connectivity index (χ4v) is 3.27. The highest BCUT2D eigenvalue weighted by molar-refractivity contribution is 5.83. The Morgan fingerprint density at radius 2 is 1.79 bits per heavy atom. The molecule has 0 aliphatic heterocycles. The number of phenolic OH excluding ortho intramolecular Hbond substituents is 1. The molecule has 3 aromatic rings. The van der Waals surface area contributed by atoms with Gasteiger partial charge in [-0.2, -0.15) is 0 Å². The van der Waals surface area contributed by atoms with Crippen molar-refractivity contribution >= 4 is 10.9 Å². The van der Waals surface area contributed by atoms with E-state index in [1.165, 1.54) is 22.0 Å². The molecule has 0 radical (unpaired) electrons. The van der Waals surface area contributed by atoms with E-state index in [-0.39, 0.29) is 0 Å². The van der Waals surface area contributed by atoms with Gasteiger partial charge in [-0.1, -0.05) is 37.3 Å². The number of H-pyrrole nitrogens is 1. The summed E-state index contributed by atoms with van der Waals surface area (Å²) in [4.78, 5) is 5.88. The lowest BCUT2D eigenvalue weighted by Gasteiger charge is -2.21. The van der Waals surface area contributed by atoms with Gasteiger partial charge in [-0.25, -0.2) is 0 Å². The third-order valence-corrected chi connectivity index (χ3v) is 4.54. The normalized spacial score (nSPS) is 11.4. The van der Waals surface area contributed by atoms with Crippen molar-refractivity contribution in [3.63, 3.8) is 0 Å². The van der Waals surface area contributed by atoms with Crippen LogP contribution in [0.5, 0.6) is 5.75 Å². The monoisotopic (exact) mass is 322 g/mol. The van der Waals surface area contributed by atoms with Crippen LogP contribution < -0.4 is 0 Å². The second kappa shape index (κ2) is 8.02. The van der Waals surface area contributed by atoms with E-state index in [0.717, 1.165) is 38.9 Å². The van der Waals surface area contributed by atoms with Gasteiger partial charge in [-0.15, -0.1) is 0 Å². The molecule has 3 heteroatoms. The van der Waals surface area contributed by atoms with E-state index in [9.17, 15) is 5.11 Å². The highest BCUT2D eigenvalue weighted by atomic mass is 16.3. The number of nitrogens with zero attached hydrogens (tertiary/aromatic N) is 1. The van der Waals surface area contributed by atoms with Crippen LogP contribution in [0.1, 0.15) is 24.5 Å². The maximum absolute atomic E-state index is 9.59. The zero-order valence-corrected chi connectivity index (χ0v) is 14.3. The number of nitrogens with one attached hydrogen (secondary N) is 1. The average molecular weight is 322 g/mol. The Balaban J connectivity index is 1.59. The quantitative estimate of drug-likeness (QED) is 0.646. The minimum absolute atomic E-state index is 0.355. The van der Waals surface area contributed by atoms with Crippen molar-refractivity contribution in [1.82, 2.24) is 9.88 Å². The summed E-state index contributed by atoms with van der Waals surface area (Å²) in [5.74, 6) is 0.355. The molecule has 1 aromatic heterocycles. The number of hydrogen-bond donors (Lipinski definition) is 2. The Labute approximate surface area is 143 Å². The van der Waals surface area contributed by atoms with Crippen molar-refractivity contribution in [2.45, 2.75) is 26.2 Å². The molecule has 0 aliphatic rings. The second-order valence-electron chi connectivity index (χ2n) is 6.37. The molecule has 0 unspecified atom stereocenters.